The highest BCUT2D eigenvalue weighted by Gasteiger charge is 2.35. The molecule has 19 heavy (non-hydrogen) atoms. The molecule has 1 N–H and O–H groups in total. The molecule has 0 spiro atoms. The molecule has 4 nitrogen and oxygen atoms in total. The van der Waals surface area contributed by atoms with Gasteiger partial charge in [0, 0.05) is 23.2 Å². The monoisotopic (exact) mass is 299 g/mol. The number of carboxylic acids is 1. The van der Waals surface area contributed by atoms with Crippen molar-refractivity contribution in [3.8, 4) is 0 Å². The second kappa shape index (κ2) is 5.84. The lowest BCUT2D eigenvalue weighted by Gasteiger charge is -2.28. The maximum atomic E-state index is 11.9. The quantitative estimate of drug-likeness (QED) is 0.839. The smallest absolute Gasteiger partial charge is 0.305 e. The number of carbonyl (C=O) groups is 2. The largest absolute Gasteiger partial charge is 0.481 e. The predicted octanol–water partition coefficient (Wildman–Crippen LogP) is 2.39. The fraction of sp³-hybridized carbons (Fsp3) is 0.385. The average Bonchev–Trinajstić information content (AvgIpc) is 2.66. The molecule has 2 unspecified atom stereocenters. The Kier molecular flexibility index (Phi) is 4.37. The van der Waals surface area contributed by atoms with Crippen LogP contribution in [0.3, 0.4) is 0 Å². The summed E-state index contributed by atoms with van der Waals surface area (Å²) in [7, 11) is 0. The van der Waals surface area contributed by atoms with E-state index in [0.717, 1.165) is 0 Å². The Morgan fingerprint density at radius 3 is 2.74 bits per heavy atom. The molecule has 1 fully saturated rings. The summed E-state index contributed by atoms with van der Waals surface area (Å²) in [5.41, 5.74) is 0.669. The van der Waals surface area contributed by atoms with Crippen LogP contribution in [-0.2, 0) is 9.59 Å². The standard InChI is InChI=1S/C13H14ClNO3S/c14-10-4-2-1-3-9(10)11(6-13(17)18)15-7-8(19)5-12(15)16/h1-4,8,11,19H,5-7H2,(H,17,18). The number of amides is 1. The van der Waals surface area contributed by atoms with Crippen LogP contribution >= 0.6 is 24.2 Å². The number of thiol groups is 1. The average molecular weight is 300 g/mol. The van der Waals surface area contributed by atoms with Gasteiger partial charge in [0.25, 0.3) is 0 Å². The SMILES string of the molecule is O=C(O)CC(c1ccccc1Cl)N1CC(S)CC1=O. The molecule has 1 aliphatic rings. The van der Waals surface area contributed by atoms with Crippen molar-refractivity contribution in [2.45, 2.75) is 24.1 Å². The maximum absolute atomic E-state index is 11.9. The lowest BCUT2D eigenvalue weighted by molar-refractivity contribution is -0.139. The summed E-state index contributed by atoms with van der Waals surface area (Å²) < 4.78 is 0. The van der Waals surface area contributed by atoms with Crippen molar-refractivity contribution >= 4 is 36.1 Å². The highest BCUT2D eigenvalue weighted by Crippen LogP contribution is 2.34. The van der Waals surface area contributed by atoms with Crippen molar-refractivity contribution in [2.24, 2.45) is 0 Å². The minimum absolute atomic E-state index is 0.0497. The molecule has 1 heterocycles. The second-order valence-corrected chi connectivity index (χ2v) is 5.68. The number of carbonyl (C=O) groups excluding carboxylic acids is 1. The molecule has 102 valence electrons. The molecule has 0 aromatic heterocycles. The number of nitrogens with zero attached hydrogens (tertiary/aromatic N) is 1. The second-order valence-electron chi connectivity index (χ2n) is 4.54. The van der Waals surface area contributed by atoms with Crippen LogP contribution in [0.2, 0.25) is 5.02 Å². The third kappa shape index (κ3) is 3.22. The van der Waals surface area contributed by atoms with Crippen LogP contribution in [0.1, 0.15) is 24.4 Å². The van der Waals surface area contributed by atoms with Crippen LogP contribution in [0.5, 0.6) is 0 Å². The van der Waals surface area contributed by atoms with E-state index in [-0.39, 0.29) is 17.6 Å². The van der Waals surface area contributed by atoms with Gasteiger partial charge in [0.1, 0.15) is 0 Å². The van der Waals surface area contributed by atoms with Crippen molar-refractivity contribution < 1.29 is 14.7 Å². The molecule has 0 bridgehead atoms. The maximum Gasteiger partial charge on any atom is 0.305 e. The van der Waals surface area contributed by atoms with Crippen molar-refractivity contribution in [1.82, 2.24) is 4.90 Å². The highest BCUT2D eigenvalue weighted by atomic mass is 35.5. The van der Waals surface area contributed by atoms with Crippen LogP contribution in [0.4, 0.5) is 0 Å². The number of benzene rings is 1. The first kappa shape index (κ1) is 14.2. The first-order valence-electron chi connectivity index (χ1n) is 5.92. The molecule has 1 saturated heterocycles. The summed E-state index contributed by atoms with van der Waals surface area (Å²) >= 11 is 10.4. The van der Waals surface area contributed by atoms with Gasteiger partial charge in [0.15, 0.2) is 0 Å². The Balaban J connectivity index is 2.34. The normalized spacial score (nSPS) is 20.6. The van der Waals surface area contributed by atoms with E-state index in [4.69, 9.17) is 16.7 Å². The molecule has 1 aromatic rings. The molecule has 1 aliphatic heterocycles. The lowest BCUT2D eigenvalue weighted by Crippen LogP contribution is -2.32. The fourth-order valence-corrected chi connectivity index (χ4v) is 2.91. The van der Waals surface area contributed by atoms with Crippen LogP contribution in [-0.4, -0.2) is 33.7 Å². The Morgan fingerprint density at radius 2 is 2.21 bits per heavy atom. The Labute approximate surface area is 121 Å². The van der Waals surface area contributed by atoms with E-state index < -0.39 is 12.0 Å². The van der Waals surface area contributed by atoms with Gasteiger partial charge in [-0.2, -0.15) is 12.6 Å². The van der Waals surface area contributed by atoms with Gasteiger partial charge < -0.3 is 10.0 Å². The first-order chi connectivity index (χ1) is 8.99. The van der Waals surface area contributed by atoms with Crippen molar-refractivity contribution in [1.29, 1.82) is 0 Å². The predicted molar refractivity (Wildman–Crippen MR) is 75.5 cm³/mol. The Morgan fingerprint density at radius 1 is 1.53 bits per heavy atom. The summed E-state index contributed by atoms with van der Waals surface area (Å²) in [4.78, 5) is 24.5. The van der Waals surface area contributed by atoms with Gasteiger partial charge >= 0.3 is 5.97 Å². The van der Waals surface area contributed by atoms with Gasteiger partial charge in [0.05, 0.1) is 12.5 Å². The molecule has 0 saturated carbocycles. The van der Waals surface area contributed by atoms with Crippen LogP contribution < -0.4 is 0 Å². The van der Waals surface area contributed by atoms with Crippen molar-refractivity contribution in [3.63, 3.8) is 0 Å². The van der Waals surface area contributed by atoms with E-state index in [1.165, 1.54) is 0 Å². The van der Waals surface area contributed by atoms with E-state index in [1.807, 2.05) is 0 Å². The molecule has 1 amide bonds. The van der Waals surface area contributed by atoms with Crippen LogP contribution in [0, 0.1) is 0 Å². The molecule has 2 atom stereocenters. The van der Waals surface area contributed by atoms with Gasteiger partial charge in [-0.1, -0.05) is 29.8 Å². The first-order valence-corrected chi connectivity index (χ1v) is 6.82. The summed E-state index contributed by atoms with van der Waals surface area (Å²) in [5, 5.41) is 9.47. The molecular formula is C13H14ClNO3S. The Bertz CT molecular complexity index is 508. The van der Waals surface area contributed by atoms with E-state index in [0.29, 0.717) is 23.6 Å². The molecule has 0 aliphatic carbocycles. The molecular weight excluding hydrogens is 286 g/mol. The van der Waals surface area contributed by atoms with Gasteiger partial charge in [-0.3, -0.25) is 9.59 Å². The summed E-state index contributed by atoms with van der Waals surface area (Å²) in [6.45, 7) is 0.450. The molecule has 1 aromatic carbocycles. The zero-order valence-corrected chi connectivity index (χ0v) is 11.8. The molecule has 6 heteroatoms. The third-order valence-electron chi connectivity index (χ3n) is 3.15. The summed E-state index contributed by atoms with van der Waals surface area (Å²) in [5.74, 6) is -1.04. The van der Waals surface area contributed by atoms with Crippen molar-refractivity contribution in [2.75, 3.05) is 6.54 Å². The van der Waals surface area contributed by atoms with Gasteiger partial charge in [-0.15, -0.1) is 0 Å². The topological polar surface area (TPSA) is 57.6 Å². The number of hydrogen-bond acceptors (Lipinski definition) is 3. The summed E-state index contributed by atoms with van der Waals surface area (Å²) in [6, 6.07) is 6.49. The third-order valence-corrected chi connectivity index (χ3v) is 3.84. The van der Waals surface area contributed by atoms with Gasteiger partial charge in [-0.05, 0) is 11.6 Å². The molecule has 0 radical (unpaired) electrons. The minimum atomic E-state index is -0.958. The van der Waals surface area contributed by atoms with E-state index in [2.05, 4.69) is 12.6 Å². The lowest BCUT2D eigenvalue weighted by atomic mass is 10.0. The highest BCUT2D eigenvalue weighted by molar-refractivity contribution is 7.81. The van der Waals surface area contributed by atoms with E-state index in [9.17, 15) is 9.59 Å². The minimum Gasteiger partial charge on any atom is -0.481 e. The van der Waals surface area contributed by atoms with Gasteiger partial charge in [0.2, 0.25) is 5.91 Å². The zero-order chi connectivity index (χ0) is 14.0. The number of carboxylic acid groups (broad SMARTS) is 1. The van der Waals surface area contributed by atoms with Gasteiger partial charge in [-0.25, -0.2) is 0 Å². The number of hydrogen-bond donors (Lipinski definition) is 2. The van der Waals surface area contributed by atoms with Crippen LogP contribution in [0.15, 0.2) is 24.3 Å². The number of likely N-dealkylation sites (tertiary alicyclic amines) is 1. The number of aliphatic carboxylic acids is 1. The van der Waals surface area contributed by atoms with Crippen LogP contribution in [0.25, 0.3) is 0 Å². The fourth-order valence-electron chi connectivity index (χ4n) is 2.31. The Hall–Kier alpha value is -1.20. The summed E-state index contributed by atoms with van der Waals surface area (Å²) in [6.07, 6.45) is 0.180. The molecule has 2 rings (SSSR count). The van der Waals surface area contributed by atoms with E-state index in [1.54, 1.807) is 29.2 Å². The number of rotatable bonds is 4. The zero-order valence-electron chi connectivity index (χ0n) is 10.1. The van der Waals surface area contributed by atoms with Crippen molar-refractivity contribution in [3.05, 3.63) is 34.9 Å². The number of halogens is 1. The van der Waals surface area contributed by atoms with E-state index >= 15 is 0 Å².